The molecule has 4 aromatic rings. The maximum atomic E-state index is 13.7. The number of halogens is 3. The van der Waals surface area contributed by atoms with E-state index < -0.39 is 24.8 Å². The number of hydrogen-bond donors (Lipinski definition) is 2. The van der Waals surface area contributed by atoms with Crippen LogP contribution >= 0.6 is 0 Å². The minimum Gasteiger partial charge on any atom is -0.338 e. The Balaban J connectivity index is 1.37. The highest BCUT2D eigenvalue weighted by Crippen LogP contribution is 2.32. The standard InChI is InChI=1S/C28H32F3N9O2/c1-3-18-14-19(4-5-20(18)28(42)38-12-10-37(11-13-38)27(41)17(2)32)35-25-26-34-15-22(40(26)9-7-33-25)21-16-39(8-6-29)36-23(21)24(30)31/h4-5,7,9,14-17,24H,3,6,8,10-13,32H2,1-2H3,(H,33,35)/t17-/m1/s1. The molecule has 0 bridgehead atoms. The van der Waals surface area contributed by atoms with Gasteiger partial charge in [0.15, 0.2) is 11.5 Å². The van der Waals surface area contributed by atoms with E-state index in [2.05, 4.69) is 20.4 Å². The largest absolute Gasteiger partial charge is 0.338 e. The third kappa shape index (κ3) is 5.66. The van der Waals surface area contributed by atoms with Gasteiger partial charge in [0.05, 0.1) is 24.5 Å². The Bertz CT molecular complexity index is 1590. The Morgan fingerprint density at radius 1 is 1.12 bits per heavy atom. The van der Waals surface area contributed by atoms with Crippen LogP contribution in [0.3, 0.4) is 0 Å². The monoisotopic (exact) mass is 583 g/mol. The lowest BCUT2D eigenvalue weighted by Gasteiger charge is -2.35. The zero-order valence-electron chi connectivity index (χ0n) is 23.3. The van der Waals surface area contributed by atoms with Gasteiger partial charge < -0.3 is 20.9 Å². The molecule has 1 saturated heterocycles. The van der Waals surface area contributed by atoms with Crippen molar-refractivity contribution in [2.75, 3.05) is 38.2 Å². The molecule has 2 amide bonds. The fourth-order valence-corrected chi connectivity index (χ4v) is 5.10. The van der Waals surface area contributed by atoms with Crippen molar-refractivity contribution in [2.45, 2.75) is 39.3 Å². The van der Waals surface area contributed by atoms with Gasteiger partial charge >= 0.3 is 0 Å². The van der Waals surface area contributed by atoms with Gasteiger partial charge in [0.25, 0.3) is 12.3 Å². The van der Waals surface area contributed by atoms with Crippen molar-refractivity contribution in [1.29, 1.82) is 0 Å². The minimum atomic E-state index is -2.85. The molecule has 0 radical (unpaired) electrons. The molecule has 0 aliphatic carbocycles. The molecule has 1 aromatic carbocycles. The number of rotatable bonds is 9. The Hall–Kier alpha value is -4.46. The Morgan fingerprint density at radius 2 is 1.86 bits per heavy atom. The van der Waals surface area contributed by atoms with Gasteiger partial charge in [-0.3, -0.25) is 18.7 Å². The van der Waals surface area contributed by atoms with Crippen LogP contribution in [-0.2, 0) is 17.8 Å². The Labute approximate surface area is 240 Å². The summed E-state index contributed by atoms with van der Waals surface area (Å²) in [6.45, 7) is 4.47. The second-order valence-electron chi connectivity index (χ2n) is 10.1. The molecule has 14 heteroatoms. The van der Waals surface area contributed by atoms with Gasteiger partial charge in [-0.2, -0.15) is 5.10 Å². The number of imidazole rings is 1. The number of hydrogen-bond acceptors (Lipinski definition) is 7. The summed E-state index contributed by atoms with van der Waals surface area (Å²) in [5, 5.41) is 7.08. The smallest absolute Gasteiger partial charge is 0.282 e. The number of piperazine rings is 1. The summed E-state index contributed by atoms with van der Waals surface area (Å²) >= 11 is 0. The Morgan fingerprint density at radius 3 is 2.52 bits per heavy atom. The number of aryl methyl sites for hydroxylation is 2. The van der Waals surface area contributed by atoms with Crippen LogP contribution in [-0.4, -0.2) is 84.7 Å². The number of nitrogens with zero attached hydrogens (tertiary/aromatic N) is 7. The van der Waals surface area contributed by atoms with E-state index in [4.69, 9.17) is 5.73 Å². The van der Waals surface area contributed by atoms with Gasteiger partial charge in [0.1, 0.15) is 12.4 Å². The molecule has 3 aromatic heterocycles. The van der Waals surface area contributed by atoms with Crippen LogP contribution in [0.2, 0.25) is 0 Å². The number of amides is 2. The molecule has 222 valence electrons. The highest BCUT2D eigenvalue weighted by molar-refractivity contribution is 5.96. The van der Waals surface area contributed by atoms with Crippen LogP contribution in [0.25, 0.3) is 16.9 Å². The number of anilines is 2. The van der Waals surface area contributed by atoms with Crippen molar-refractivity contribution in [3.8, 4) is 11.3 Å². The first-order valence-electron chi connectivity index (χ1n) is 13.7. The summed E-state index contributed by atoms with van der Waals surface area (Å²) in [5.41, 5.74) is 8.26. The summed E-state index contributed by atoms with van der Waals surface area (Å²) in [7, 11) is 0. The molecule has 1 aliphatic heterocycles. The normalized spacial score (nSPS) is 14.5. The van der Waals surface area contributed by atoms with Crippen molar-refractivity contribution in [2.24, 2.45) is 5.73 Å². The van der Waals surface area contributed by atoms with E-state index in [1.54, 1.807) is 39.5 Å². The zero-order valence-corrected chi connectivity index (χ0v) is 23.3. The van der Waals surface area contributed by atoms with E-state index in [0.717, 1.165) is 10.2 Å². The van der Waals surface area contributed by atoms with E-state index in [-0.39, 0.29) is 23.9 Å². The number of nitrogens with two attached hydrogens (primary N) is 1. The average molecular weight is 584 g/mol. The predicted octanol–water partition coefficient (Wildman–Crippen LogP) is 3.44. The molecule has 11 nitrogen and oxygen atoms in total. The third-order valence-electron chi connectivity index (χ3n) is 7.26. The van der Waals surface area contributed by atoms with Gasteiger partial charge in [-0.25, -0.2) is 23.1 Å². The van der Waals surface area contributed by atoms with E-state index in [1.807, 2.05) is 13.0 Å². The molecule has 42 heavy (non-hydrogen) atoms. The first kappa shape index (κ1) is 29.0. The summed E-state index contributed by atoms with van der Waals surface area (Å²) in [4.78, 5) is 37.8. The van der Waals surface area contributed by atoms with Crippen LogP contribution in [0, 0.1) is 0 Å². The van der Waals surface area contributed by atoms with E-state index in [1.165, 1.54) is 18.6 Å². The molecular formula is C28H32F3N9O2. The molecule has 1 fully saturated rings. The molecular weight excluding hydrogens is 551 g/mol. The van der Waals surface area contributed by atoms with E-state index >= 15 is 0 Å². The van der Waals surface area contributed by atoms with Crippen LogP contribution in [0.4, 0.5) is 24.7 Å². The number of fused-ring (bicyclic) bond motifs is 1. The van der Waals surface area contributed by atoms with Gasteiger partial charge in [-0.15, -0.1) is 0 Å². The van der Waals surface area contributed by atoms with Crippen molar-refractivity contribution in [1.82, 2.24) is 33.9 Å². The predicted molar refractivity (Wildman–Crippen MR) is 150 cm³/mol. The fourth-order valence-electron chi connectivity index (χ4n) is 5.10. The molecule has 5 rings (SSSR count). The molecule has 0 spiro atoms. The number of nitrogens with one attached hydrogen (secondary N) is 1. The van der Waals surface area contributed by atoms with Crippen molar-refractivity contribution in [3.05, 3.63) is 59.8 Å². The summed E-state index contributed by atoms with van der Waals surface area (Å²) < 4.78 is 43.1. The molecule has 3 N–H and O–H groups in total. The number of benzene rings is 1. The zero-order chi connectivity index (χ0) is 30.0. The lowest BCUT2D eigenvalue weighted by molar-refractivity contribution is -0.133. The number of alkyl halides is 3. The number of carbonyl (C=O) groups is 2. The maximum Gasteiger partial charge on any atom is 0.282 e. The van der Waals surface area contributed by atoms with Crippen LogP contribution in [0.1, 0.15) is 41.9 Å². The highest BCUT2D eigenvalue weighted by atomic mass is 19.3. The van der Waals surface area contributed by atoms with Gasteiger partial charge in [-0.05, 0) is 37.1 Å². The first-order chi connectivity index (χ1) is 20.2. The SMILES string of the molecule is CCc1cc(Nc2nccn3c(-c4cn(CCF)nc4C(F)F)cnc23)ccc1C(=O)N1CCN(C(=O)[C@@H](C)N)CC1. The summed E-state index contributed by atoms with van der Waals surface area (Å²) in [5.74, 6) is 0.156. The molecule has 1 atom stereocenters. The first-order valence-corrected chi connectivity index (χ1v) is 13.7. The Kier molecular flexibility index (Phi) is 8.43. The number of aromatic nitrogens is 5. The quantitative estimate of drug-likeness (QED) is 0.309. The highest BCUT2D eigenvalue weighted by Gasteiger charge is 2.27. The van der Waals surface area contributed by atoms with Crippen LogP contribution < -0.4 is 11.1 Å². The van der Waals surface area contributed by atoms with E-state index in [9.17, 15) is 22.8 Å². The topological polar surface area (TPSA) is 127 Å². The second-order valence-corrected chi connectivity index (χ2v) is 10.1. The van der Waals surface area contributed by atoms with Gasteiger partial charge in [-0.1, -0.05) is 6.92 Å². The summed E-state index contributed by atoms with van der Waals surface area (Å²) in [6.07, 6.45) is 3.71. The van der Waals surface area contributed by atoms with Gasteiger partial charge in [0, 0.05) is 61.6 Å². The van der Waals surface area contributed by atoms with Crippen molar-refractivity contribution < 1.29 is 22.8 Å². The minimum absolute atomic E-state index is 0.104. The lowest BCUT2D eigenvalue weighted by Crippen LogP contribution is -2.53. The van der Waals surface area contributed by atoms with E-state index in [0.29, 0.717) is 61.0 Å². The second kappa shape index (κ2) is 12.2. The summed E-state index contributed by atoms with van der Waals surface area (Å²) in [6, 6.07) is 4.82. The molecule has 0 saturated carbocycles. The molecule has 4 heterocycles. The van der Waals surface area contributed by atoms with Crippen molar-refractivity contribution in [3.63, 3.8) is 0 Å². The maximum absolute atomic E-state index is 13.7. The lowest BCUT2D eigenvalue weighted by atomic mass is 10.0. The third-order valence-corrected chi connectivity index (χ3v) is 7.26. The fraction of sp³-hybridized carbons (Fsp3) is 0.393. The van der Waals surface area contributed by atoms with Crippen LogP contribution in [0.5, 0.6) is 0 Å². The van der Waals surface area contributed by atoms with Gasteiger partial charge in [0.2, 0.25) is 5.91 Å². The number of carbonyl (C=O) groups excluding carboxylic acids is 2. The van der Waals surface area contributed by atoms with Crippen molar-refractivity contribution >= 4 is 29.0 Å². The van der Waals surface area contributed by atoms with Crippen LogP contribution in [0.15, 0.2) is 43.0 Å². The average Bonchev–Trinajstić information content (AvgIpc) is 3.61. The molecule has 1 aliphatic rings. The molecule has 0 unspecified atom stereocenters.